The van der Waals surface area contributed by atoms with Crippen LogP contribution in [0.5, 0.6) is 0 Å². The van der Waals surface area contributed by atoms with Gasteiger partial charge in [0.2, 0.25) is 0 Å². The van der Waals surface area contributed by atoms with Crippen molar-refractivity contribution in [2.24, 2.45) is 5.73 Å². The average molecular weight is 304 g/mol. The Balaban J connectivity index is 2.54. The topological polar surface area (TPSA) is 107 Å². The molecule has 17 heavy (non-hydrogen) atoms. The fourth-order valence-electron chi connectivity index (χ4n) is 1.10. The molecule has 3 N–H and O–H groups in total. The Morgan fingerprint density at radius 3 is 2.82 bits per heavy atom. The van der Waals surface area contributed by atoms with Gasteiger partial charge in [-0.2, -0.15) is 0 Å². The third-order valence-electron chi connectivity index (χ3n) is 1.83. The van der Waals surface area contributed by atoms with E-state index in [1.165, 1.54) is 12.1 Å². The van der Waals surface area contributed by atoms with Gasteiger partial charge >= 0.3 is 6.09 Å². The highest BCUT2D eigenvalue weighted by atomic mass is 79.9. The summed E-state index contributed by atoms with van der Waals surface area (Å²) in [5, 5.41) is 13.4. The maximum atomic E-state index is 10.5. The van der Waals surface area contributed by atoms with Gasteiger partial charge in [-0.1, -0.05) is 0 Å². The number of anilines is 1. The van der Waals surface area contributed by atoms with Gasteiger partial charge in [0, 0.05) is 28.8 Å². The molecule has 0 spiro atoms. The normalized spacial score (nSPS) is 9.71. The molecule has 0 heterocycles. The van der Waals surface area contributed by atoms with Crippen LogP contribution in [0.3, 0.4) is 0 Å². The Hall–Kier alpha value is -1.83. The molecule has 0 aliphatic rings. The number of nitrogens with zero attached hydrogens (tertiary/aromatic N) is 1. The highest BCUT2D eigenvalue weighted by Crippen LogP contribution is 2.26. The van der Waals surface area contributed by atoms with Crippen molar-refractivity contribution in [1.29, 1.82) is 0 Å². The molecule has 0 aliphatic heterocycles. The van der Waals surface area contributed by atoms with E-state index in [-0.39, 0.29) is 12.3 Å². The van der Waals surface area contributed by atoms with Crippen LogP contribution in [0.15, 0.2) is 22.7 Å². The number of carbonyl (C=O) groups is 1. The van der Waals surface area contributed by atoms with E-state index in [1.807, 2.05) is 0 Å². The highest BCUT2D eigenvalue weighted by Gasteiger charge is 2.08. The SMILES string of the molecule is NC(=O)OCCNc1ccc([N+](=O)[O-])cc1Br. The summed E-state index contributed by atoms with van der Waals surface area (Å²) < 4.78 is 5.08. The molecule has 0 fully saturated rings. The lowest BCUT2D eigenvalue weighted by Crippen LogP contribution is -2.18. The lowest BCUT2D eigenvalue weighted by Gasteiger charge is -2.07. The van der Waals surface area contributed by atoms with E-state index < -0.39 is 11.0 Å². The number of hydrogen-bond acceptors (Lipinski definition) is 5. The molecule has 0 saturated carbocycles. The van der Waals surface area contributed by atoms with Gasteiger partial charge in [0.05, 0.1) is 4.92 Å². The third-order valence-corrected chi connectivity index (χ3v) is 2.48. The number of benzene rings is 1. The van der Waals surface area contributed by atoms with E-state index in [4.69, 9.17) is 5.73 Å². The Morgan fingerprint density at radius 1 is 1.59 bits per heavy atom. The summed E-state index contributed by atoms with van der Waals surface area (Å²) in [6, 6.07) is 4.33. The first-order chi connectivity index (χ1) is 8.00. The quantitative estimate of drug-likeness (QED) is 0.490. The number of hydrogen-bond donors (Lipinski definition) is 2. The maximum Gasteiger partial charge on any atom is 0.404 e. The number of carbonyl (C=O) groups excluding carboxylic acids is 1. The molecule has 1 aromatic carbocycles. The van der Waals surface area contributed by atoms with Gasteiger partial charge in [-0.15, -0.1) is 0 Å². The van der Waals surface area contributed by atoms with E-state index >= 15 is 0 Å². The van der Waals surface area contributed by atoms with Crippen molar-refractivity contribution in [3.05, 3.63) is 32.8 Å². The van der Waals surface area contributed by atoms with Crippen molar-refractivity contribution >= 4 is 33.4 Å². The second kappa shape index (κ2) is 6.04. The average Bonchev–Trinajstić information content (AvgIpc) is 2.25. The van der Waals surface area contributed by atoms with Crippen molar-refractivity contribution in [3.8, 4) is 0 Å². The molecule has 1 rings (SSSR count). The molecule has 0 bridgehead atoms. The molecular formula is C9H10BrN3O4. The van der Waals surface area contributed by atoms with Gasteiger partial charge in [0.15, 0.2) is 0 Å². The summed E-state index contributed by atoms with van der Waals surface area (Å²) in [7, 11) is 0. The van der Waals surface area contributed by atoms with E-state index in [9.17, 15) is 14.9 Å². The molecule has 7 nitrogen and oxygen atoms in total. The maximum absolute atomic E-state index is 10.5. The predicted molar refractivity (Wildman–Crippen MR) is 64.8 cm³/mol. The summed E-state index contributed by atoms with van der Waals surface area (Å²) >= 11 is 3.20. The molecule has 1 amide bonds. The fourth-order valence-corrected chi connectivity index (χ4v) is 1.61. The van der Waals surface area contributed by atoms with Gasteiger partial charge < -0.3 is 15.8 Å². The number of non-ortho nitro benzene ring substituents is 1. The van der Waals surface area contributed by atoms with Crippen molar-refractivity contribution in [3.63, 3.8) is 0 Å². The van der Waals surface area contributed by atoms with Gasteiger partial charge in [0.1, 0.15) is 6.61 Å². The van der Waals surface area contributed by atoms with E-state index in [0.29, 0.717) is 16.7 Å². The zero-order valence-corrected chi connectivity index (χ0v) is 10.3. The van der Waals surface area contributed by atoms with Crippen molar-refractivity contribution in [2.75, 3.05) is 18.5 Å². The van der Waals surface area contributed by atoms with Crippen LogP contribution in [0.25, 0.3) is 0 Å². The van der Waals surface area contributed by atoms with Crippen LogP contribution in [-0.4, -0.2) is 24.2 Å². The van der Waals surface area contributed by atoms with Gasteiger partial charge in [-0.3, -0.25) is 10.1 Å². The number of halogens is 1. The van der Waals surface area contributed by atoms with Gasteiger partial charge in [-0.25, -0.2) is 4.79 Å². The van der Waals surface area contributed by atoms with Crippen LogP contribution in [0, 0.1) is 10.1 Å². The van der Waals surface area contributed by atoms with Crippen LogP contribution in [-0.2, 0) is 4.74 Å². The zero-order valence-electron chi connectivity index (χ0n) is 8.68. The molecule has 0 unspecified atom stereocenters. The fraction of sp³-hybridized carbons (Fsp3) is 0.222. The number of amides is 1. The first kappa shape index (κ1) is 13.2. The van der Waals surface area contributed by atoms with Crippen LogP contribution in [0.2, 0.25) is 0 Å². The number of rotatable bonds is 5. The smallest absolute Gasteiger partial charge is 0.404 e. The number of primary amides is 1. The summed E-state index contributed by atoms with van der Waals surface area (Å²) in [5.74, 6) is 0. The van der Waals surface area contributed by atoms with Gasteiger partial charge in [-0.05, 0) is 22.0 Å². The largest absolute Gasteiger partial charge is 0.448 e. The Bertz CT molecular complexity index is 438. The first-order valence-electron chi connectivity index (χ1n) is 4.60. The second-order valence-corrected chi connectivity index (χ2v) is 3.87. The van der Waals surface area contributed by atoms with E-state index in [1.54, 1.807) is 6.07 Å². The minimum Gasteiger partial charge on any atom is -0.448 e. The Kier molecular flexibility index (Phi) is 4.70. The first-order valence-corrected chi connectivity index (χ1v) is 5.40. The monoisotopic (exact) mass is 303 g/mol. The van der Waals surface area contributed by atoms with Crippen LogP contribution < -0.4 is 11.1 Å². The Morgan fingerprint density at radius 2 is 2.29 bits per heavy atom. The summed E-state index contributed by atoms with van der Waals surface area (Å²) in [6.07, 6.45) is -0.838. The van der Waals surface area contributed by atoms with Crippen LogP contribution in [0.4, 0.5) is 16.2 Å². The second-order valence-electron chi connectivity index (χ2n) is 3.02. The summed E-state index contributed by atoms with van der Waals surface area (Å²) in [4.78, 5) is 20.3. The predicted octanol–water partition coefficient (Wildman–Crippen LogP) is 1.86. The lowest BCUT2D eigenvalue weighted by molar-refractivity contribution is -0.384. The number of nitro benzene ring substituents is 1. The standard InChI is InChI=1S/C9H10BrN3O4/c10-7-5-6(13(15)16)1-2-8(7)12-3-4-17-9(11)14/h1-2,5,12H,3-4H2,(H2,11,14). The van der Waals surface area contributed by atoms with Gasteiger partial charge in [0.25, 0.3) is 5.69 Å². The van der Waals surface area contributed by atoms with Crippen molar-refractivity contribution in [1.82, 2.24) is 0 Å². The zero-order chi connectivity index (χ0) is 12.8. The third kappa shape index (κ3) is 4.27. The molecule has 8 heteroatoms. The Labute approximate surface area is 105 Å². The number of ether oxygens (including phenoxy) is 1. The molecular weight excluding hydrogens is 294 g/mol. The minimum atomic E-state index is -0.838. The molecule has 0 radical (unpaired) electrons. The summed E-state index contributed by atoms with van der Waals surface area (Å²) in [6.45, 7) is 0.484. The number of nitrogens with one attached hydrogen (secondary N) is 1. The molecule has 0 aromatic heterocycles. The van der Waals surface area contributed by atoms with Crippen molar-refractivity contribution < 1.29 is 14.5 Å². The summed E-state index contributed by atoms with van der Waals surface area (Å²) in [5.41, 5.74) is 5.45. The van der Waals surface area contributed by atoms with Crippen LogP contribution >= 0.6 is 15.9 Å². The molecule has 0 atom stereocenters. The molecule has 92 valence electrons. The minimum absolute atomic E-state index is 0.00388. The molecule has 0 aliphatic carbocycles. The highest BCUT2D eigenvalue weighted by molar-refractivity contribution is 9.10. The molecule has 1 aromatic rings. The number of nitro groups is 1. The molecule has 0 saturated heterocycles. The van der Waals surface area contributed by atoms with Crippen molar-refractivity contribution in [2.45, 2.75) is 0 Å². The van der Waals surface area contributed by atoms with Crippen LogP contribution in [0.1, 0.15) is 0 Å². The lowest BCUT2D eigenvalue weighted by atomic mass is 10.3. The number of nitrogens with two attached hydrogens (primary N) is 1. The van der Waals surface area contributed by atoms with E-state index in [0.717, 1.165) is 0 Å². The van der Waals surface area contributed by atoms with E-state index in [2.05, 4.69) is 26.0 Å².